The lowest BCUT2D eigenvalue weighted by molar-refractivity contribution is -0.139. The molecular weight excluding hydrogens is 405 g/mol. The zero-order valence-electron chi connectivity index (χ0n) is 15.7. The van der Waals surface area contributed by atoms with Crippen molar-refractivity contribution in [1.82, 2.24) is 14.5 Å². The summed E-state index contributed by atoms with van der Waals surface area (Å²) in [5.74, 6) is -0.697. The van der Waals surface area contributed by atoms with Crippen LogP contribution in [-0.4, -0.2) is 61.8 Å². The van der Waals surface area contributed by atoms with E-state index in [0.29, 0.717) is 18.9 Å². The van der Waals surface area contributed by atoms with Crippen LogP contribution in [0.3, 0.4) is 0 Å². The van der Waals surface area contributed by atoms with Gasteiger partial charge in [-0.1, -0.05) is 12.1 Å². The lowest BCUT2D eigenvalue weighted by atomic mass is 9.95. The monoisotopic (exact) mass is 431 g/mol. The molecule has 2 bridgehead atoms. The van der Waals surface area contributed by atoms with Gasteiger partial charge in [-0.3, -0.25) is 4.79 Å². The lowest BCUT2D eigenvalue weighted by Crippen LogP contribution is -2.48. The Morgan fingerprint density at radius 3 is 2.43 bits per heavy atom. The van der Waals surface area contributed by atoms with Gasteiger partial charge in [-0.15, -0.1) is 12.4 Å². The Hall–Kier alpha value is -1.22. The molecule has 3 saturated heterocycles. The molecule has 1 N–H and O–H groups in total. The van der Waals surface area contributed by atoms with Crippen molar-refractivity contribution in [3.8, 4) is 0 Å². The summed E-state index contributed by atoms with van der Waals surface area (Å²) in [5, 5.41) is 3.40. The van der Waals surface area contributed by atoms with Crippen LogP contribution in [0, 0.1) is 11.7 Å². The van der Waals surface area contributed by atoms with Gasteiger partial charge in [0.1, 0.15) is 10.7 Å². The minimum absolute atomic E-state index is 0. The summed E-state index contributed by atoms with van der Waals surface area (Å²) in [7, 11) is -3.86. The zero-order chi connectivity index (χ0) is 19.0. The topological polar surface area (TPSA) is 69.7 Å². The molecule has 2 unspecified atom stereocenters. The summed E-state index contributed by atoms with van der Waals surface area (Å²) < 4.78 is 40.7. The van der Waals surface area contributed by atoms with Gasteiger partial charge in [0.2, 0.25) is 15.9 Å². The number of halogens is 2. The van der Waals surface area contributed by atoms with Crippen molar-refractivity contribution in [2.45, 2.75) is 49.1 Å². The number of benzene rings is 1. The molecule has 0 aliphatic carbocycles. The van der Waals surface area contributed by atoms with Gasteiger partial charge in [-0.25, -0.2) is 12.8 Å². The van der Waals surface area contributed by atoms with Crippen LogP contribution < -0.4 is 5.32 Å². The second kappa shape index (κ2) is 8.65. The molecule has 6 nitrogen and oxygen atoms in total. The van der Waals surface area contributed by atoms with E-state index in [9.17, 15) is 17.6 Å². The first kappa shape index (κ1) is 21.5. The highest BCUT2D eigenvalue weighted by Crippen LogP contribution is 2.33. The van der Waals surface area contributed by atoms with E-state index in [1.807, 2.05) is 0 Å². The van der Waals surface area contributed by atoms with Gasteiger partial charge in [-0.05, 0) is 50.8 Å². The quantitative estimate of drug-likeness (QED) is 0.794. The first-order valence-electron chi connectivity index (χ1n) is 9.76. The van der Waals surface area contributed by atoms with Gasteiger partial charge in [0, 0.05) is 37.6 Å². The number of hydrogen-bond donors (Lipinski definition) is 1. The van der Waals surface area contributed by atoms with Crippen LogP contribution >= 0.6 is 12.4 Å². The normalized spacial score (nSPS) is 26.5. The summed E-state index contributed by atoms with van der Waals surface area (Å²) >= 11 is 0. The molecular formula is C19H27ClFN3O3S. The minimum atomic E-state index is -3.86. The molecule has 28 heavy (non-hydrogen) atoms. The molecule has 3 aliphatic rings. The van der Waals surface area contributed by atoms with Crippen LogP contribution in [0.4, 0.5) is 4.39 Å². The number of rotatable bonds is 3. The molecule has 1 aromatic rings. The number of sulfonamides is 1. The van der Waals surface area contributed by atoms with Gasteiger partial charge in [-0.2, -0.15) is 4.31 Å². The molecule has 1 aromatic carbocycles. The number of amides is 1. The molecule has 9 heteroatoms. The van der Waals surface area contributed by atoms with Crippen LogP contribution in [0.1, 0.15) is 32.1 Å². The van der Waals surface area contributed by atoms with Crippen molar-refractivity contribution >= 4 is 28.3 Å². The molecule has 0 aromatic heterocycles. The average Bonchev–Trinajstić information content (AvgIpc) is 2.94. The number of carbonyl (C=O) groups is 1. The number of hydrogen-bond acceptors (Lipinski definition) is 4. The smallest absolute Gasteiger partial charge is 0.245 e. The fourth-order valence-electron chi connectivity index (χ4n) is 4.69. The van der Waals surface area contributed by atoms with E-state index >= 15 is 0 Å². The van der Waals surface area contributed by atoms with Gasteiger partial charge in [0.25, 0.3) is 0 Å². The Balaban J connectivity index is 0.00000225. The van der Waals surface area contributed by atoms with Crippen LogP contribution in [0.2, 0.25) is 0 Å². The third-order valence-electron chi connectivity index (χ3n) is 6.17. The Bertz CT molecular complexity index is 800. The Kier molecular flexibility index (Phi) is 6.64. The van der Waals surface area contributed by atoms with Crippen LogP contribution in [0.5, 0.6) is 0 Å². The van der Waals surface area contributed by atoms with Gasteiger partial charge < -0.3 is 10.2 Å². The van der Waals surface area contributed by atoms with Crippen LogP contribution in [0.15, 0.2) is 29.2 Å². The van der Waals surface area contributed by atoms with Crippen molar-refractivity contribution in [2.75, 3.05) is 26.2 Å². The summed E-state index contributed by atoms with van der Waals surface area (Å²) in [5.41, 5.74) is 0. The minimum Gasteiger partial charge on any atom is -0.335 e. The van der Waals surface area contributed by atoms with Crippen molar-refractivity contribution in [1.29, 1.82) is 0 Å². The molecule has 4 rings (SSSR count). The maximum absolute atomic E-state index is 13.9. The first-order valence-corrected chi connectivity index (χ1v) is 11.2. The summed E-state index contributed by atoms with van der Waals surface area (Å²) in [6.07, 6.45) is 4.09. The van der Waals surface area contributed by atoms with Crippen LogP contribution in [-0.2, 0) is 14.8 Å². The molecule has 2 atom stereocenters. The number of piperidine rings is 1. The maximum atomic E-state index is 13.9. The maximum Gasteiger partial charge on any atom is 0.245 e. The highest BCUT2D eigenvalue weighted by molar-refractivity contribution is 7.89. The zero-order valence-corrected chi connectivity index (χ0v) is 17.4. The van der Waals surface area contributed by atoms with Gasteiger partial charge >= 0.3 is 0 Å². The highest BCUT2D eigenvalue weighted by Gasteiger charge is 2.42. The van der Waals surface area contributed by atoms with Crippen molar-refractivity contribution in [2.24, 2.45) is 5.92 Å². The SMILES string of the molecule is Cl.O=C(C1CCN(S(=O)(=O)c2ccccc2F)CC1)N1C2CCNCC1CC2. The average molecular weight is 432 g/mol. The van der Waals surface area contributed by atoms with Crippen molar-refractivity contribution in [3.63, 3.8) is 0 Å². The molecule has 3 aliphatic heterocycles. The molecule has 156 valence electrons. The van der Waals surface area contributed by atoms with Crippen molar-refractivity contribution in [3.05, 3.63) is 30.1 Å². The second-order valence-electron chi connectivity index (χ2n) is 7.73. The van der Waals surface area contributed by atoms with E-state index in [0.717, 1.165) is 38.4 Å². The summed E-state index contributed by atoms with van der Waals surface area (Å²) in [4.78, 5) is 14.9. The Labute approximate surface area is 171 Å². The third-order valence-corrected chi connectivity index (χ3v) is 8.10. The predicted molar refractivity (Wildman–Crippen MR) is 106 cm³/mol. The fourth-order valence-corrected chi connectivity index (χ4v) is 6.22. The molecule has 0 spiro atoms. The largest absolute Gasteiger partial charge is 0.335 e. The molecule has 0 saturated carbocycles. The van der Waals surface area contributed by atoms with E-state index < -0.39 is 15.8 Å². The predicted octanol–water partition coefficient (Wildman–Crippen LogP) is 2.00. The van der Waals surface area contributed by atoms with Gasteiger partial charge in [0.15, 0.2) is 0 Å². The molecule has 0 radical (unpaired) electrons. The molecule has 3 fully saturated rings. The van der Waals surface area contributed by atoms with E-state index in [2.05, 4.69) is 10.2 Å². The number of nitrogens with one attached hydrogen (secondary N) is 1. The van der Waals surface area contributed by atoms with E-state index in [1.165, 1.54) is 22.5 Å². The highest BCUT2D eigenvalue weighted by atomic mass is 35.5. The van der Waals surface area contributed by atoms with E-state index in [4.69, 9.17) is 0 Å². The summed E-state index contributed by atoms with van der Waals surface area (Å²) in [6, 6.07) is 6.04. The Morgan fingerprint density at radius 2 is 1.71 bits per heavy atom. The lowest BCUT2D eigenvalue weighted by Gasteiger charge is -2.36. The fraction of sp³-hybridized carbons (Fsp3) is 0.632. The first-order chi connectivity index (χ1) is 13.0. The standard InChI is InChI=1S/C19H26FN3O3S.ClH/c20-17-3-1-2-4-18(17)27(25,26)22-11-8-14(9-12-22)19(24)23-15-5-6-16(23)13-21-10-7-15;/h1-4,14-16,21H,5-13H2;1H. The molecule has 1 amide bonds. The number of nitrogens with zero attached hydrogens (tertiary/aromatic N) is 2. The molecule has 3 heterocycles. The Morgan fingerprint density at radius 1 is 1.04 bits per heavy atom. The van der Waals surface area contributed by atoms with E-state index in [1.54, 1.807) is 0 Å². The second-order valence-corrected chi connectivity index (χ2v) is 9.64. The van der Waals surface area contributed by atoms with Crippen molar-refractivity contribution < 1.29 is 17.6 Å². The van der Waals surface area contributed by atoms with E-state index in [-0.39, 0.29) is 48.3 Å². The summed E-state index contributed by atoms with van der Waals surface area (Å²) in [6.45, 7) is 2.32. The number of fused-ring (bicyclic) bond motifs is 2. The van der Waals surface area contributed by atoms with Gasteiger partial charge in [0.05, 0.1) is 0 Å². The third kappa shape index (κ3) is 3.92. The van der Waals surface area contributed by atoms with Crippen LogP contribution in [0.25, 0.3) is 0 Å². The number of carbonyl (C=O) groups excluding carboxylic acids is 1.